The summed E-state index contributed by atoms with van der Waals surface area (Å²) in [6.07, 6.45) is 3.64. The molecule has 0 saturated carbocycles. The van der Waals surface area contributed by atoms with E-state index in [0.29, 0.717) is 52.2 Å². The molecule has 0 aromatic carbocycles. The average Bonchev–Trinajstić information content (AvgIpc) is 3.02. The van der Waals surface area contributed by atoms with Crippen molar-refractivity contribution in [1.82, 2.24) is 18.8 Å². The molecule has 1 aromatic rings. The van der Waals surface area contributed by atoms with Gasteiger partial charge in [0, 0.05) is 44.1 Å². The van der Waals surface area contributed by atoms with Crippen LogP contribution in [0, 0.1) is 0 Å². The second-order valence-electron chi connectivity index (χ2n) is 6.45. The molecule has 0 unspecified atom stereocenters. The highest BCUT2D eigenvalue weighted by Crippen LogP contribution is 2.18. The Morgan fingerprint density at radius 3 is 2.44 bits per heavy atom. The maximum absolute atomic E-state index is 12.8. The van der Waals surface area contributed by atoms with Gasteiger partial charge in [-0.3, -0.25) is 0 Å². The van der Waals surface area contributed by atoms with Gasteiger partial charge in [-0.15, -0.1) is 11.3 Å². The largest absolute Gasteiger partial charge is 0.333 e. The molecule has 2 amide bonds. The number of rotatable bonds is 4. The van der Waals surface area contributed by atoms with Crippen LogP contribution >= 0.6 is 11.3 Å². The van der Waals surface area contributed by atoms with Crippen LogP contribution in [-0.2, 0) is 16.8 Å². The summed E-state index contributed by atoms with van der Waals surface area (Å²) in [5.41, 5.74) is 0. The molecule has 2 aliphatic rings. The van der Waals surface area contributed by atoms with Crippen molar-refractivity contribution in [3.05, 3.63) is 22.4 Å². The summed E-state index contributed by atoms with van der Waals surface area (Å²) < 4.78 is 28.7. The molecule has 3 rings (SSSR count). The summed E-state index contributed by atoms with van der Waals surface area (Å²) in [4.78, 5) is 15.2. The van der Waals surface area contributed by atoms with E-state index in [1.807, 2.05) is 17.5 Å². The van der Waals surface area contributed by atoms with Gasteiger partial charge in [-0.2, -0.15) is 17.0 Å². The molecule has 9 heteroatoms. The van der Waals surface area contributed by atoms with Crippen LogP contribution in [0.25, 0.3) is 0 Å². The van der Waals surface area contributed by atoms with Gasteiger partial charge in [-0.25, -0.2) is 4.79 Å². The molecule has 0 atom stereocenters. The molecule has 0 radical (unpaired) electrons. The van der Waals surface area contributed by atoms with Crippen LogP contribution in [-0.4, -0.2) is 67.2 Å². The third kappa shape index (κ3) is 4.72. The van der Waals surface area contributed by atoms with Gasteiger partial charge < -0.3 is 10.2 Å². The summed E-state index contributed by atoms with van der Waals surface area (Å²) in [6.45, 7) is 3.61. The lowest BCUT2D eigenvalue weighted by molar-refractivity contribution is 0.200. The highest BCUT2D eigenvalue weighted by atomic mass is 32.2. The summed E-state index contributed by atoms with van der Waals surface area (Å²) in [5.74, 6) is 0. The molecular weight excluding hydrogens is 360 g/mol. The van der Waals surface area contributed by atoms with Crippen molar-refractivity contribution in [2.75, 3.05) is 39.3 Å². The second-order valence-corrected chi connectivity index (χ2v) is 9.41. The van der Waals surface area contributed by atoms with E-state index < -0.39 is 10.2 Å². The smallest absolute Gasteiger partial charge is 0.317 e. The second kappa shape index (κ2) is 8.48. The van der Waals surface area contributed by atoms with E-state index in [-0.39, 0.29) is 6.03 Å². The summed E-state index contributed by atoms with van der Waals surface area (Å²) in [5, 5.41) is 4.90. The number of hydrogen-bond donors (Lipinski definition) is 1. The van der Waals surface area contributed by atoms with Crippen molar-refractivity contribution in [3.8, 4) is 0 Å². The van der Waals surface area contributed by atoms with E-state index in [1.54, 1.807) is 24.8 Å². The number of piperidine rings is 1. The standard InChI is InChI=1S/C16H26N4O3S2/c21-16(17-14-15-6-4-13-24-15)18-7-5-10-20(12-11-18)25(22,23)19-8-2-1-3-9-19/h4,6,13H,1-3,5,7-12,14H2,(H,17,21). The van der Waals surface area contributed by atoms with Crippen molar-refractivity contribution in [2.24, 2.45) is 0 Å². The third-order valence-corrected chi connectivity index (χ3v) is 7.62. The fraction of sp³-hybridized carbons (Fsp3) is 0.688. The Labute approximate surface area is 153 Å². The minimum Gasteiger partial charge on any atom is -0.333 e. The molecule has 1 N–H and O–H groups in total. The Bertz CT molecular complexity index is 657. The van der Waals surface area contributed by atoms with Crippen LogP contribution in [0.1, 0.15) is 30.6 Å². The highest BCUT2D eigenvalue weighted by molar-refractivity contribution is 7.86. The Morgan fingerprint density at radius 1 is 1.00 bits per heavy atom. The number of urea groups is 1. The van der Waals surface area contributed by atoms with Crippen molar-refractivity contribution >= 4 is 27.6 Å². The molecule has 0 bridgehead atoms. The van der Waals surface area contributed by atoms with E-state index in [1.165, 1.54) is 0 Å². The van der Waals surface area contributed by atoms with Gasteiger partial charge in [0.25, 0.3) is 10.2 Å². The Hall–Kier alpha value is -1.16. The van der Waals surface area contributed by atoms with Crippen molar-refractivity contribution in [1.29, 1.82) is 0 Å². The first-order chi connectivity index (χ1) is 12.1. The summed E-state index contributed by atoms with van der Waals surface area (Å²) >= 11 is 1.61. The Balaban J connectivity index is 1.53. The van der Waals surface area contributed by atoms with Crippen LogP contribution in [0.2, 0.25) is 0 Å². The van der Waals surface area contributed by atoms with Gasteiger partial charge in [0.05, 0.1) is 6.54 Å². The zero-order chi connectivity index (χ0) is 17.7. The number of hydrogen-bond acceptors (Lipinski definition) is 4. The SMILES string of the molecule is O=C(NCc1cccs1)N1CCCN(S(=O)(=O)N2CCCCC2)CC1. The number of carbonyl (C=O) groups excluding carboxylic acids is 1. The predicted octanol–water partition coefficient (Wildman–Crippen LogP) is 1.70. The van der Waals surface area contributed by atoms with Gasteiger partial charge in [-0.1, -0.05) is 12.5 Å². The first kappa shape index (κ1) is 18.6. The molecule has 0 aliphatic carbocycles. The molecule has 7 nitrogen and oxygen atoms in total. The van der Waals surface area contributed by atoms with Gasteiger partial charge >= 0.3 is 6.03 Å². The zero-order valence-corrected chi connectivity index (χ0v) is 16.0. The summed E-state index contributed by atoms with van der Waals surface area (Å²) in [7, 11) is -3.40. The molecule has 2 aliphatic heterocycles. The molecule has 25 heavy (non-hydrogen) atoms. The quantitative estimate of drug-likeness (QED) is 0.856. The number of carbonyl (C=O) groups is 1. The number of thiophene rings is 1. The number of amides is 2. The normalized spacial score (nSPS) is 21.0. The summed E-state index contributed by atoms with van der Waals surface area (Å²) in [6, 6.07) is 3.83. The molecule has 140 valence electrons. The van der Waals surface area contributed by atoms with E-state index in [4.69, 9.17) is 0 Å². The molecular formula is C16H26N4O3S2. The molecule has 3 heterocycles. The minimum atomic E-state index is -3.40. The predicted molar refractivity (Wildman–Crippen MR) is 98.7 cm³/mol. The van der Waals surface area contributed by atoms with Crippen LogP contribution in [0.5, 0.6) is 0 Å². The Kier molecular flexibility index (Phi) is 6.32. The van der Waals surface area contributed by atoms with Gasteiger partial charge in [0.1, 0.15) is 0 Å². The van der Waals surface area contributed by atoms with Crippen LogP contribution < -0.4 is 5.32 Å². The van der Waals surface area contributed by atoms with Crippen LogP contribution in [0.15, 0.2) is 17.5 Å². The van der Waals surface area contributed by atoms with E-state index in [0.717, 1.165) is 24.1 Å². The lowest BCUT2D eigenvalue weighted by Crippen LogP contribution is -2.47. The molecule has 1 aromatic heterocycles. The van der Waals surface area contributed by atoms with Crippen molar-refractivity contribution < 1.29 is 13.2 Å². The first-order valence-corrected chi connectivity index (χ1v) is 11.2. The maximum atomic E-state index is 12.8. The maximum Gasteiger partial charge on any atom is 0.317 e. The topological polar surface area (TPSA) is 73.0 Å². The minimum absolute atomic E-state index is 0.120. The van der Waals surface area contributed by atoms with Crippen LogP contribution in [0.3, 0.4) is 0 Å². The van der Waals surface area contributed by atoms with Gasteiger partial charge in [0.15, 0.2) is 0 Å². The lowest BCUT2D eigenvalue weighted by Gasteiger charge is -2.31. The Morgan fingerprint density at radius 2 is 1.72 bits per heavy atom. The van der Waals surface area contributed by atoms with E-state index in [9.17, 15) is 13.2 Å². The van der Waals surface area contributed by atoms with Gasteiger partial charge in [-0.05, 0) is 30.7 Å². The molecule has 2 saturated heterocycles. The zero-order valence-electron chi connectivity index (χ0n) is 14.4. The average molecular weight is 387 g/mol. The first-order valence-electron chi connectivity index (χ1n) is 8.88. The van der Waals surface area contributed by atoms with E-state index in [2.05, 4.69) is 5.32 Å². The van der Waals surface area contributed by atoms with E-state index >= 15 is 0 Å². The van der Waals surface area contributed by atoms with Crippen molar-refractivity contribution in [2.45, 2.75) is 32.2 Å². The van der Waals surface area contributed by atoms with Gasteiger partial charge in [0.2, 0.25) is 0 Å². The monoisotopic (exact) mass is 386 g/mol. The molecule has 2 fully saturated rings. The molecule has 0 spiro atoms. The fourth-order valence-corrected chi connectivity index (χ4v) is 5.64. The number of nitrogens with zero attached hydrogens (tertiary/aromatic N) is 3. The fourth-order valence-electron chi connectivity index (χ4n) is 3.27. The van der Waals surface area contributed by atoms with Crippen LogP contribution in [0.4, 0.5) is 4.79 Å². The third-order valence-electron chi connectivity index (χ3n) is 4.70. The highest BCUT2D eigenvalue weighted by Gasteiger charge is 2.32. The lowest BCUT2D eigenvalue weighted by atomic mass is 10.2. The van der Waals surface area contributed by atoms with Crippen molar-refractivity contribution in [3.63, 3.8) is 0 Å². The number of nitrogens with one attached hydrogen (secondary N) is 1.